The van der Waals surface area contributed by atoms with Crippen LogP contribution >= 0.6 is 0 Å². The number of anilines is 1. The van der Waals surface area contributed by atoms with Crippen molar-refractivity contribution in [3.05, 3.63) is 93.4 Å². The number of halogens is 3. The third kappa shape index (κ3) is 4.41. The van der Waals surface area contributed by atoms with Crippen molar-refractivity contribution in [3.8, 4) is 11.3 Å². The quantitative estimate of drug-likeness (QED) is 0.363. The Bertz CT molecular complexity index is 1400. The first-order valence-electron chi connectivity index (χ1n) is 10.7. The number of pyridine rings is 1. The molecule has 0 radical (unpaired) electrons. The lowest BCUT2D eigenvalue weighted by molar-refractivity contribution is -0.206. The first kappa shape index (κ1) is 23.5. The van der Waals surface area contributed by atoms with E-state index < -0.39 is 18.3 Å². The molecule has 4 aromatic rings. The fourth-order valence-electron chi connectivity index (χ4n) is 4.02. The lowest BCUT2D eigenvalue weighted by Crippen LogP contribution is -2.22. The van der Waals surface area contributed by atoms with Crippen LogP contribution in [0.5, 0.6) is 0 Å². The maximum absolute atomic E-state index is 13.2. The SMILES string of the molecule is Cc1cc([C@@H](C)Nc2ccccc2C(O)C(F)(F)F)c2oc(-c3cccnc3)c(C)c(=O)c2c1. The van der Waals surface area contributed by atoms with Crippen molar-refractivity contribution in [2.75, 3.05) is 5.32 Å². The number of aryl methyl sites for hydroxylation is 1. The smallest absolute Gasteiger partial charge is 0.418 e. The molecule has 0 bridgehead atoms. The van der Waals surface area contributed by atoms with Gasteiger partial charge in [0.25, 0.3) is 0 Å². The van der Waals surface area contributed by atoms with Gasteiger partial charge in [-0.3, -0.25) is 9.78 Å². The summed E-state index contributed by atoms with van der Waals surface area (Å²) >= 11 is 0. The normalized spacial score (nSPS) is 13.6. The Hall–Kier alpha value is -3.65. The van der Waals surface area contributed by atoms with Gasteiger partial charge in [-0.2, -0.15) is 13.2 Å². The topological polar surface area (TPSA) is 75.4 Å². The summed E-state index contributed by atoms with van der Waals surface area (Å²) in [4.78, 5) is 17.3. The van der Waals surface area contributed by atoms with Crippen LogP contribution in [-0.4, -0.2) is 16.3 Å². The van der Waals surface area contributed by atoms with Gasteiger partial charge >= 0.3 is 6.18 Å². The molecular weight excluding hydrogens is 445 g/mol. The standard InChI is InChI=1S/C26H23F3N2O3/c1-14-11-19(16(3)31-21-9-5-4-8-18(21)25(33)26(27,28)29)24-20(12-14)22(32)15(2)23(34-24)17-7-6-10-30-13-17/h4-13,16,25,31,33H,1-3H3/t16-,25?/m1/s1. The Labute approximate surface area is 193 Å². The fourth-order valence-corrected chi connectivity index (χ4v) is 4.02. The first-order chi connectivity index (χ1) is 16.1. The second-order valence-electron chi connectivity index (χ2n) is 8.26. The summed E-state index contributed by atoms with van der Waals surface area (Å²) in [5.74, 6) is 0.385. The number of aromatic nitrogens is 1. The summed E-state index contributed by atoms with van der Waals surface area (Å²) in [6, 6.07) is 12.3. The lowest BCUT2D eigenvalue weighted by Gasteiger charge is -2.23. The van der Waals surface area contributed by atoms with Crippen molar-refractivity contribution >= 4 is 16.7 Å². The van der Waals surface area contributed by atoms with Crippen LogP contribution in [0.1, 0.15) is 41.3 Å². The molecule has 0 aliphatic rings. The molecule has 176 valence electrons. The summed E-state index contributed by atoms with van der Waals surface area (Å²) in [5.41, 5.74) is 2.50. The molecular formula is C26H23F3N2O3. The molecule has 8 heteroatoms. The second-order valence-corrected chi connectivity index (χ2v) is 8.26. The third-order valence-electron chi connectivity index (χ3n) is 5.72. The lowest BCUT2D eigenvalue weighted by atomic mass is 9.98. The highest BCUT2D eigenvalue weighted by atomic mass is 19.4. The second kappa shape index (κ2) is 8.95. The number of para-hydroxylation sites is 1. The summed E-state index contributed by atoms with van der Waals surface area (Å²) in [7, 11) is 0. The van der Waals surface area contributed by atoms with Crippen molar-refractivity contribution < 1.29 is 22.7 Å². The summed E-state index contributed by atoms with van der Waals surface area (Å²) in [5, 5.41) is 13.3. The fraction of sp³-hybridized carbons (Fsp3) is 0.231. The average Bonchev–Trinajstić information content (AvgIpc) is 2.81. The molecule has 0 saturated carbocycles. The highest BCUT2D eigenvalue weighted by molar-refractivity contribution is 5.84. The van der Waals surface area contributed by atoms with Gasteiger partial charge in [0, 0.05) is 40.3 Å². The predicted octanol–water partition coefficient (Wildman–Crippen LogP) is 6.24. The van der Waals surface area contributed by atoms with Crippen LogP contribution in [0.15, 0.2) is 70.1 Å². The van der Waals surface area contributed by atoms with Crippen LogP contribution in [0.25, 0.3) is 22.3 Å². The first-order valence-corrected chi connectivity index (χ1v) is 10.7. The number of aliphatic hydroxyl groups excluding tert-OH is 1. The zero-order valence-electron chi connectivity index (χ0n) is 18.8. The minimum Gasteiger partial charge on any atom is -0.455 e. The Balaban J connectivity index is 1.84. The van der Waals surface area contributed by atoms with Gasteiger partial charge in [-0.25, -0.2) is 0 Å². The Morgan fingerprint density at radius 2 is 1.79 bits per heavy atom. The number of hydrogen-bond donors (Lipinski definition) is 2. The van der Waals surface area contributed by atoms with Gasteiger partial charge in [0.05, 0.1) is 11.4 Å². The van der Waals surface area contributed by atoms with Gasteiger partial charge in [-0.1, -0.05) is 24.3 Å². The minimum absolute atomic E-state index is 0.136. The molecule has 0 amide bonds. The molecule has 2 aromatic carbocycles. The van der Waals surface area contributed by atoms with Gasteiger partial charge < -0.3 is 14.8 Å². The molecule has 4 rings (SSSR count). The Morgan fingerprint density at radius 3 is 2.47 bits per heavy atom. The zero-order chi connectivity index (χ0) is 24.6. The van der Waals surface area contributed by atoms with E-state index in [1.165, 1.54) is 18.2 Å². The van der Waals surface area contributed by atoms with Crippen LogP contribution < -0.4 is 10.7 Å². The Morgan fingerprint density at radius 1 is 1.06 bits per heavy atom. The molecule has 5 nitrogen and oxygen atoms in total. The van der Waals surface area contributed by atoms with E-state index in [0.29, 0.717) is 33.4 Å². The largest absolute Gasteiger partial charge is 0.455 e. The monoisotopic (exact) mass is 468 g/mol. The van der Waals surface area contributed by atoms with Crippen LogP contribution in [0.4, 0.5) is 18.9 Å². The molecule has 0 aliphatic heterocycles. The number of aliphatic hydroxyl groups is 1. The number of nitrogens with zero attached hydrogens (tertiary/aromatic N) is 1. The predicted molar refractivity (Wildman–Crippen MR) is 125 cm³/mol. The molecule has 0 spiro atoms. The van der Waals surface area contributed by atoms with E-state index in [4.69, 9.17) is 4.42 Å². The van der Waals surface area contributed by atoms with Crippen LogP contribution in [-0.2, 0) is 0 Å². The highest BCUT2D eigenvalue weighted by Gasteiger charge is 2.40. The summed E-state index contributed by atoms with van der Waals surface area (Å²) in [6.45, 7) is 5.28. The zero-order valence-corrected chi connectivity index (χ0v) is 18.8. The van der Waals surface area contributed by atoms with Gasteiger partial charge in [0.1, 0.15) is 11.3 Å². The van der Waals surface area contributed by atoms with Crippen molar-refractivity contribution in [2.45, 2.75) is 39.1 Å². The average molecular weight is 468 g/mol. The minimum atomic E-state index is -4.81. The summed E-state index contributed by atoms with van der Waals surface area (Å²) < 4.78 is 45.8. The molecule has 2 N–H and O–H groups in total. The van der Waals surface area contributed by atoms with Gasteiger partial charge in [-0.15, -0.1) is 0 Å². The molecule has 0 fully saturated rings. The molecule has 0 aliphatic carbocycles. The summed E-state index contributed by atoms with van der Waals surface area (Å²) in [6.07, 6.45) is -4.22. The van der Waals surface area contributed by atoms with E-state index in [1.54, 1.807) is 50.5 Å². The van der Waals surface area contributed by atoms with Crippen LogP contribution in [0.2, 0.25) is 0 Å². The van der Waals surface area contributed by atoms with Gasteiger partial charge in [-0.05, 0) is 50.6 Å². The van der Waals surface area contributed by atoms with Crippen molar-refractivity contribution in [1.29, 1.82) is 0 Å². The van der Waals surface area contributed by atoms with Gasteiger partial charge in [0.15, 0.2) is 11.5 Å². The highest BCUT2D eigenvalue weighted by Crippen LogP contribution is 2.38. The number of benzene rings is 2. The van der Waals surface area contributed by atoms with Crippen molar-refractivity contribution in [3.63, 3.8) is 0 Å². The number of hydrogen-bond acceptors (Lipinski definition) is 5. The maximum Gasteiger partial charge on any atom is 0.418 e. The third-order valence-corrected chi connectivity index (χ3v) is 5.72. The van der Waals surface area contributed by atoms with E-state index in [1.807, 2.05) is 13.0 Å². The van der Waals surface area contributed by atoms with E-state index in [-0.39, 0.29) is 16.7 Å². The van der Waals surface area contributed by atoms with Crippen LogP contribution in [0, 0.1) is 13.8 Å². The number of nitrogens with one attached hydrogen (secondary N) is 1. The van der Waals surface area contributed by atoms with Crippen LogP contribution in [0.3, 0.4) is 0 Å². The van der Waals surface area contributed by atoms with Crippen molar-refractivity contribution in [2.24, 2.45) is 0 Å². The number of alkyl halides is 3. The van der Waals surface area contributed by atoms with E-state index in [9.17, 15) is 23.1 Å². The molecule has 1 unspecified atom stereocenters. The van der Waals surface area contributed by atoms with Crippen molar-refractivity contribution in [1.82, 2.24) is 4.98 Å². The molecule has 0 saturated heterocycles. The molecule has 34 heavy (non-hydrogen) atoms. The molecule has 2 heterocycles. The number of rotatable bonds is 5. The maximum atomic E-state index is 13.2. The number of fused-ring (bicyclic) bond motifs is 1. The van der Waals surface area contributed by atoms with E-state index >= 15 is 0 Å². The van der Waals surface area contributed by atoms with Gasteiger partial charge in [0.2, 0.25) is 0 Å². The van der Waals surface area contributed by atoms with E-state index in [2.05, 4.69) is 10.3 Å². The van der Waals surface area contributed by atoms with E-state index in [0.717, 1.165) is 5.56 Å². The molecule has 2 aromatic heterocycles. The molecule has 2 atom stereocenters. The Kier molecular flexibility index (Phi) is 6.18.